The predicted octanol–water partition coefficient (Wildman–Crippen LogP) is 1.16. The van der Waals surface area contributed by atoms with Gasteiger partial charge in [0.2, 0.25) is 10.0 Å². The molecule has 1 fully saturated rings. The summed E-state index contributed by atoms with van der Waals surface area (Å²) >= 11 is 0. The summed E-state index contributed by atoms with van der Waals surface area (Å²) in [5, 5.41) is 8.98. The third-order valence-corrected chi connectivity index (χ3v) is 5.13. The summed E-state index contributed by atoms with van der Waals surface area (Å²) in [6.45, 7) is 0.480. The molecule has 99 valence electrons. The highest BCUT2D eigenvalue weighted by atomic mass is 32.2. The summed E-state index contributed by atoms with van der Waals surface area (Å²) in [4.78, 5) is 11.2. The van der Waals surface area contributed by atoms with E-state index in [1.165, 1.54) is 4.31 Å². The molecule has 0 aromatic heterocycles. The van der Waals surface area contributed by atoms with E-state index in [0.29, 0.717) is 25.8 Å². The van der Waals surface area contributed by atoms with E-state index in [2.05, 4.69) is 0 Å². The SMILES string of the molecule is O=C(O)C1CCCN(S(=O)(=O)C2=CC[CH]C=C2)C1. The normalized spacial score (nSPS) is 25.8. The topological polar surface area (TPSA) is 74.7 Å². The molecule has 1 atom stereocenters. The Hall–Kier alpha value is -1.14. The highest BCUT2D eigenvalue weighted by Gasteiger charge is 2.33. The van der Waals surface area contributed by atoms with Crippen LogP contribution in [0.25, 0.3) is 0 Å². The van der Waals surface area contributed by atoms with Crippen molar-refractivity contribution in [3.8, 4) is 0 Å². The Morgan fingerprint density at radius 1 is 1.44 bits per heavy atom. The predicted molar refractivity (Wildman–Crippen MR) is 67.0 cm³/mol. The van der Waals surface area contributed by atoms with Gasteiger partial charge in [-0.25, -0.2) is 8.42 Å². The summed E-state index contributed by atoms with van der Waals surface area (Å²) in [5.74, 6) is -1.51. The van der Waals surface area contributed by atoms with Crippen molar-refractivity contribution in [1.82, 2.24) is 4.31 Å². The second-order valence-electron chi connectivity index (χ2n) is 4.48. The molecule has 2 rings (SSSR count). The van der Waals surface area contributed by atoms with E-state index in [-0.39, 0.29) is 11.4 Å². The van der Waals surface area contributed by atoms with Gasteiger partial charge in [0.1, 0.15) is 0 Å². The number of carboxylic acid groups (broad SMARTS) is 1. The molecular weight excluding hydrogens is 254 g/mol. The number of carbonyl (C=O) groups is 1. The summed E-state index contributed by atoms with van der Waals surface area (Å²) in [6, 6.07) is 0. The first kappa shape index (κ1) is 13.3. The fraction of sp³-hybridized carbons (Fsp3) is 0.500. The van der Waals surface area contributed by atoms with E-state index in [0.717, 1.165) is 0 Å². The number of carboxylic acids is 1. The maximum Gasteiger partial charge on any atom is 0.307 e. The quantitative estimate of drug-likeness (QED) is 0.835. The highest BCUT2D eigenvalue weighted by molar-refractivity contribution is 7.93. The number of rotatable bonds is 3. The monoisotopic (exact) mass is 270 g/mol. The van der Waals surface area contributed by atoms with Crippen LogP contribution < -0.4 is 0 Å². The van der Waals surface area contributed by atoms with Crippen molar-refractivity contribution >= 4 is 16.0 Å². The number of nitrogens with zero attached hydrogens (tertiary/aromatic N) is 1. The highest BCUT2D eigenvalue weighted by Crippen LogP contribution is 2.25. The zero-order valence-electron chi connectivity index (χ0n) is 9.95. The Morgan fingerprint density at radius 2 is 2.22 bits per heavy atom. The summed E-state index contributed by atoms with van der Waals surface area (Å²) in [6.07, 6.45) is 8.54. The molecule has 1 N–H and O–H groups in total. The molecule has 1 heterocycles. The number of hydrogen-bond donors (Lipinski definition) is 1. The van der Waals surface area contributed by atoms with Gasteiger partial charge in [0.15, 0.2) is 0 Å². The van der Waals surface area contributed by atoms with Crippen LogP contribution in [0.5, 0.6) is 0 Å². The molecule has 0 bridgehead atoms. The van der Waals surface area contributed by atoms with E-state index >= 15 is 0 Å². The van der Waals surface area contributed by atoms with Crippen molar-refractivity contribution in [2.45, 2.75) is 19.3 Å². The molecule has 0 saturated carbocycles. The van der Waals surface area contributed by atoms with Crippen LogP contribution >= 0.6 is 0 Å². The van der Waals surface area contributed by atoms with Crippen LogP contribution in [0.3, 0.4) is 0 Å². The average molecular weight is 270 g/mol. The minimum absolute atomic E-state index is 0.0760. The number of aliphatic carboxylic acids is 1. The van der Waals surface area contributed by atoms with Crippen molar-refractivity contribution < 1.29 is 18.3 Å². The zero-order valence-corrected chi connectivity index (χ0v) is 10.8. The Kier molecular flexibility index (Phi) is 3.87. The van der Waals surface area contributed by atoms with Crippen molar-refractivity contribution in [1.29, 1.82) is 0 Å². The maximum atomic E-state index is 12.3. The molecule has 6 heteroatoms. The lowest BCUT2D eigenvalue weighted by Gasteiger charge is -2.30. The van der Waals surface area contributed by atoms with Crippen LogP contribution in [0.15, 0.2) is 23.1 Å². The summed E-state index contributed by atoms with van der Waals surface area (Å²) in [7, 11) is -3.53. The molecule has 1 aliphatic carbocycles. The van der Waals surface area contributed by atoms with E-state index < -0.39 is 21.9 Å². The van der Waals surface area contributed by atoms with Crippen molar-refractivity contribution in [2.75, 3.05) is 13.1 Å². The van der Waals surface area contributed by atoms with Gasteiger partial charge in [0.05, 0.1) is 10.8 Å². The van der Waals surface area contributed by atoms with Crippen molar-refractivity contribution in [3.63, 3.8) is 0 Å². The number of sulfonamides is 1. The van der Waals surface area contributed by atoms with Gasteiger partial charge in [-0.05, 0) is 31.8 Å². The van der Waals surface area contributed by atoms with Gasteiger partial charge in [-0.1, -0.05) is 12.2 Å². The molecular formula is C12H16NO4S. The zero-order chi connectivity index (χ0) is 13.2. The minimum atomic E-state index is -3.53. The van der Waals surface area contributed by atoms with E-state index in [1.807, 2.05) is 6.42 Å². The lowest BCUT2D eigenvalue weighted by Crippen LogP contribution is -2.42. The Bertz CT molecular complexity index is 492. The minimum Gasteiger partial charge on any atom is -0.481 e. The average Bonchev–Trinajstić information content (AvgIpc) is 2.40. The molecule has 5 nitrogen and oxygen atoms in total. The van der Waals surface area contributed by atoms with Gasteiger partial charge >= 0.3 is 5.97 Å². The van der Waals surface area contributed by atoms with Crippen LogP contribution in [-0.4, -0.2) is 36.9 Å². The Balaban J connectivity index is 2.17. The van der Waals surface area contributed by atoms with Gasteiger partial charge in [0, 0.05) is 13.1 Å². The van der Waals surface area contributed by atoms with Gasteiger partial charge < -0.3 is 5.11 Å². The van der Waals surface area contributed by atoms with Gasteiger partial charge in [-0.2, -0.15) is 4.31 Å². The van der Waals surface area contributed by atoms with Crippen molar-refractivity contribution in [3.05, 3.63) is 29.6 Å². The summed E-state index contributed by atoms with van der Waals surface area (Å²) in [5.41, 5.74) is 0. The van der Waals surface area contributed by atoms with Gasteiger partial charge in [-0.15, -0.1) is 0 Å². The molecule has 1 saturated heterocycles. The van der Waals surface area contributed by atoms with E-state index in [1.54, 1.807) is 18.2 Å². The molecule has 0 aromatic carbocycles. The van der Waals surface area contributed by atoms with Crippen LogP contribution in [0.4, 0.5) is 0 Å². The van der Waals surface area contributed by atoms with Gasteiger partial charge in [0.25, 0.3) is 0 Å². The molecule has 18 heavy (non-hydrogen) atoms. The first-order chi connectivity index (χ1) is 8.51. The second-order valence-corrected chi connectivity index (χ2v) is 6.42. The van der Waals surface area contributed by atoms with Crippen LogP contribution in [-0.2, 0) is 14.8 Å². The fourth-order valence-electron chi connectivity index (χ4n) is 2.20. The van der Waals surface area contributed by atoms with Crippen LogP contribution in [0.1, 0.15) is 19.3 Å². The molecule has 0 spiro atoms. The molecule has 0 amide bonds. The fourth-order valence-corrected chi connectivity index (χ4v) is 3.80. The Morgan fingerprint density at radius 3 is 2.83 bits per heavy atom. The lowest BCUT2D eigenvalue weighted by molar-refractivity contribution is -0.142. The largest absolute Gasteiger partial charge is 0.481 e. The first-order valence-corrected chi connectivity index (χ1v) is 7.39. The lowest BCUT2D eigenvalue weighted by atomic mass is 10.0. The summed E-state index contributed by atoms with van der Waals surface area (Å²) < 4.78 is 25.9. The van der Waals surface area contributed by atoms with Gasteiger partial charge in [-0.3, -0.25) is 4.79 Å². The molecule has 1 radical (unpaired) electrons. The second kappa shape index (κ2) is 5.24. The number of allylic oxidation sites excluding steroid dienone is 3. The molecule has 1 aliphatic heterocycles. The van der Waals surface area contributed by atoms with Crippen LogP contribution in [0, 0.1) is 12.3 Å². The van der Waals surface area contributed by atoms with Crippen molar-refractivity contribution in [2.24, 2.45) is 5.92 Å². The molecule has 1 unspecified atom stereocenters. The van der Waals surface area contributed by atoms with E-state index in [9.17, 15) is 13.2 Å². The van der Waals surface area contributed by atoms with E-state index in [4.69, 9.17) is 5.11 Å². The number of piperidine rings is 1. The third-order valence-electron chi connectivity index (χ3n) is 3.22. The maximum absolute atomic E-state index is 12.3. The Labute approximate surface area is 107 Å². The standard InChI is InChI=1S/C12H16NO4S/c14-12(15)10-5-4-8-13(9-10)18(16,17)11-6-2-1-3-7-11/h1-2,6-7,10H,3-5,8-9H2,(H,14,15). The first-order valence-electron chi connectivity index (χ1n) is 5.95. The smallest absolute Gasteiger partial charge is 0.307 e. The van der Waals surface area contributed by atoms with Crippen LogP contribution in [0.2, 0.25) is 0 Å². The molecule has 0 aromatic rings. The molecule has 2 aliphatic rings. The third kappa shape index (κ3) is 2.64. The number of hydrogen-bond acceptors (Lipinski definition) is 3.